The van der Waals surface area contributed by atoms with Crippen molar-refractivity contribution in [1.82, 2.24) is 25.6 Å². The van der Waals surface area contributed by atoms with E-state index in [9.17, 15) is 4.79 Å². The molecule has 0 spiro atoms. The predicted molar refractivity (Wildman–Crippen MR) is 99.5 cm³/mol. The summed E-state index contributed by atoms with van der Waals surface area (Å²) in [6, 6.07) is 3.89. The molecule has 3 heterocycles. The van der Waals surface area contributed by atoms with E-state index in [2.05, 4.69) is 20.9 Å². The number of fused-ring (bicyclic) bond motifs is 1. The van der Waals surface area contributed by atoms with Gasteiger partial charge in [0.15, 0.2) is 17.2 Å². The molecule has 27 heavy (non-hydrogen) atoms. The lowest BCUT2D eigenvalue weighted by Crippen LogP contribution is -2.30. The number of carbonyl (C=O) groups is 1. The highest BCUT2D eigenvalue weighted by Crippen LogP contribution is 2.38. The van der Waals surface area contributed by atoms with Crippen LogP contribution in [0.25, 0.3) is 0 Å². The number of rotatable bonds is 4. The van der Waals surface area contributed by atoms with Crippen molar-refractivity contribution in [3.8, 4) is 11.5 Å². The van der Waals surface area contributed by atoms with Gasteiger partial charge < -0.3 is 20.1 Å². The number of amides is 1. The van der Waals surface area contributed by atoms with Gasteiger partial charge in [-0.1, -0.05) is 16.8 Å². The summed E-state index contributed by atoms with van der Waals surface area (Å²) in [4.78, 5) is 12.6. The van der Waals surface area contributed by atoms with Gasteiger partial charge in [0.05, 0.1) is 16.8 Å². The summed E-state index contributed by atoms with van der Waals surface area (Å²) in [5.41, 5.74) is 1.98. The number of halogens is 1. The van der Waals surface area contributed by atoms with E-state index in [-0.39, 0.29) is 11.9 Å². The van der Waals surface area contributed by atoms with Gasteiger partial charge in [-0.25, -0.2) is 4.68 Å². The summed E-state index contributed by atoms with van der Waals surface area (Å²) >= 11 is 6.25. The first-order valence-corrected chi connectivity index (χ1v) is 9.50. The number of piperidine rings is 1. The fourth-order valence-electron chi connectivity index (χ4n) is 3.48. The lowest BCUT2D eigenvalue weighted by molar-refractivity contribution is 0.0945. The number of nitrogens with zero attached hydrogens (tertiary/aromatic N) is 3. The Hall–Kier alpha value is -2.32. The van der Waals surface area contributed by atoms with Crippen molar-refractivity contribution in [3.05, 3.63) is 34.1 Å². The summed E-state index contributed by atoms with van der Waals surface area (Å²) in [6.07, 6.45) is 1.97. The van der Waals surface area contributed by atoms with E-state index in [1.54, 1.807) is 6.07 Å². The quantitative estimate of drug-likeness (QED) is 0.826. The number of carbonyl (C=O) groups excluding carboxylic acids is 1. The monoisotopic (exact) mass is 391 g/mol. The average molecular weight is 392 g/mol. The summed E-state index contributed by atoms with van der Waals surface area (Å²) in [7, 11) is 0. The molecule has 1 aromatic heterocycles. The average Bonchev–Trinajstić information content (AvgIpc) is 3.08. The molecule has 2 aliphatic rings. The molecule has 1 aromatic carbocycles. The normalized spacial score (nSPS) is 17.0. The molecule has 0 radical (unpaired) electrons. The van der Waals surface area contributed by atoms with Crippen LogP contribution in [0.3, 0.4) is 0 Å². The molecule has 0 saturated carbocycles. The zero-order valence-electron chi connectivity index (χ0n) is 15.1. The van der Waals surface area contributed by atoms with Crippen LogP contribution < -0.4 is 20.1 Å². The van der Waals surface area contributed by atoms with Crippen molar-refractivity contribution in [1.29, 1.82) is 0 Å². The molecule has 144 valence electrons. The zero-order valence-corrected chi connectivity index (χ0v) is 15.9. The lowest BCUT2D eigenvalue weighted by atomic mass is 10.1. The Morgan fingerprint density at radius 1 is 1.33 bits per heavy atom. The third-order valence-corrected chi connectivity index (χ3v) is 5.19. The van der Waals surface area contributed by atoms with Crippen molar-refractivity contribution in [2.45, 2.75) is 32.4 Å². The maximum Gasteiger partial charge on any atom is 0.274 e. The maximum atomic E-state index is 12.6. The number of hydrogen-bond acceptors (Lipinski definition) is 6. The van der Waals surface area contributed by atoms with Crippen LogP contribution in [-0.2, 0) is 6.54 Å². The molecule has 4 rings (SSSR count). The standard InChI is InChI=1S/C18H22ClN5O3/c1-11-16(22-23-24(11)13-2-4-20-5-3-13)18(25)21-10-12-8-14(19)17-15(9-12)26-6-7-27-17/h8-9,13,20H,2-7,10H2,1H3,(H,21,25). The van der Waals surface area contributed by atoms with Crippen molar-refractivity contribution >= 4 is 17.5 Å². The number of nitrogens with one attached hydrogen (secondary N) is 2. The highest BCUT2D eigenvalue weighted by Gasteiger charge is 2.23. The summed E-state index contributed by atoms with van der Waals surface area (Å²) in [5, 5.41) is 15.0. The first-order valence-electron chi connectivity index (χ1n) is 9.12. The van der Waals surface area contributed by atoms with E-state index in [1.807, 2.05) is 17.7 Å². The van der Waals surface area contributed by atoms with Crippen molar-refractivity contribution in [2.24, 2.45) is 0 Å². The van der Waals surface area contributed by atoms with E-state index in [4.69, 9.17) is 21.1 Å². The van der Waals surface area contributed by atoms with Crippen LogP contribution in [0.2, 0.25) is 5.02 Å². The minimum atomic E-state index is -0.251. The molecule has 2 N–H and O–H groups in total. The lowest BCUT2D eigenvalue weighted by Gasteiger charge is -2.23. The third kappa shape index (κ3) is 3.72. The number of aromatic nitrogens is 3. The Labute approximate surface area is 162 Å². The number of hydrogen-bond donors (Lipinski definition) is 2. The molecule has 0 atom stereocenters. The van der Waals surface area contributed by atoms with Crippen LogP contribution in [0.1, 0.15) is 40.6 Å². The second-order valence-electron chi connectivity index (χ2n) is 6.73. The molecule has 9 heteroatoms. The van der Waals surface area contributed by atoms with E-state index in [0.29, 0.717) is 42.0 Å². The molecule has 2 aliphatic heterocycles. The Bertz CT molecular complexity index is 848. The molecule has 0 aliphatic carbocycles. The third-order valence-electron chi connectivity index (χ3n) is 4.91. The summed E-state index contributed by atoms with van der Waals surface area (Å²) < 4.78 is 13.0. The van der Waals surface area contributed by atoms with Crippen LogP contribution in [0, 0.1) is 6.92 Å². The largest absolute Gasteiger partial charge is 0.486 e. The minimum absolute atomic E-state index is 0.251. The fraction of sp³-hybridized carbons (Fsp3) is 0.500. The predicted octanol–water partition coefficient (Wildman–Crippen LogP) is 1.87. The smallest absolute Gasteiger partial charge is 0.274 e. The highest BCUT2D eigenvalue weighted by atomic mass is 35.5. The SMILES string of the molecule is Cc1c(C(=O)NCc2cc(Cl)c3c(c2)OCCO3)nnn1C1CCNCC1. The van der Waals surface area contributed by atoms with Crippen molar-refractivity contribution in [2.75, 3.05) is 26.3 Å². The van der Waals surface area contributed by atoms with Crippen LogP contribution in [0.15, 0.2) is 12.1 Å². The van der Waals surface area contributed by atoms with E-state index in [0.717, 1.165) is 37.2 Å². The van der Waals surface area contributed by atoms with Crippen molar-refractivity contribution in [3.63, 3.8) is 0 Å². The Kier molecular flexibility index (Phi) is 5.18. The zero-order chi connectivity index (χ0) is 18.8. The van der Waals surface area contributed by atoms with Gasteiger partial charge in [0.2, 0.25) is 0 Å². The van der Waals surface area contributed by atoms with Gasteiger partial charge in [0.25, 0.3) is 5.91 Å². The van der Waals surface area contributed by atoms with Gasteiger partial charge >= 0.3 is 0 Å². The second kappa shape index (κ2) is 7.74. The molecular formula is C18H22ClN5O3. The first kappa shape index (κ1) is 18.1. The molecular weight excluding hydrogens is 370 g/mol. The minimum Gasteiger partial charge on any atom is -0.486 e. The van der Waals surface area contributed by atoms with Crippen LogP contribution in [-0.4, -0.2) is 47.2 Å². The maximum absolute atomic E-state index is 12.6. The van der Waals surface area contributed by atoms with Crippen molar-refractivity contribution < 1.29 is 14.3 Å². The molecule has 0 bridgehead atoms. The van der Waals surface area contributed by atoms with Gasteiger partial charge in [0, 0.05) is 6.54 Å². The first-order chi connectivity index (χ1) is 13.1. The van der Waals surface area contributed by atoms with E-state index < -0.39 is 0 Å². The molecule has 1 saturated heterocycles. The van der Waals surface area contributed by atoms with E-state index >= 15 is 0 Å². The molecule has 1 amide bonds. The molecule has 0 unspecified atom stereocenters. The van der Waals surface area contributed by atoms with Gasteiger partial charge in [-0.05, 0) is 50.6 Å². The Morgan fingerprint density at radius 2 is 2.11 bits per heavy atom. The summed E-state index contributed by atoms with van der Waals surface area (Å²) in [6.45, 7) is 5.08. The molecule has 8 nitrogen and oxygen atoms in total. The van der Waals surface area contributed by atoms with E-state index in [1.165, 1.54) is 0 Å². The molecule has 2 aromatic rings. The molecule has 1 fully saturated rings. The van der Waals surface area contributed by atoms with Gasteiger partial charge in [-0.3, -0.25) is 4.79 Å². The fourth-order valence-corrected chi connectivity index (χ4v) is 3.77. The van der Waals surface area contributed by atoms with Gasteiger partial charge in [-0.15, -0.1) is 5.10 Å². The number of ether oxygens (including phenoxy) is 2. The Balaban J connectivity index is 1.44. The van der Waals surface area contributed by atoms with Gasteiger partial charge in [-0.2, -0.15) is 0 Å². The Morgan fingerprint density at radius 3 is 2.93 bits per heavy atom. The second-order valence-corrected chi connectivity index (χ2v) is 7.14. The highest BCUT2D eigenvalue weighted by molar-refractivity contribution is 6.32. The van der Waals surface area contributed by atoms with Crippen LogP contribution >= 0.6 is 11.6 Å². The number of benzene rings is 1. The summed E-state index contributed by atoms with van der Waals surface area (Å²) in [5.74, 6) is 0.906. The van der Waals surface area contributed by atoms with Gasteiger partial charge in [0.1, 0.15) is 13.2 Å². The van der Waals surface area contributed by atoms with Crippen LogP contribution in [0.5, 0.6) is 11.5 Å². The topological polar surface area (TPSA) is 90.3 Å². The van der Waals surface area contributed by atoms with Crippen LogP contribution in [0.4, 0.5) is 0 Å².